The van der Waals surface area contributed by atoms with Gasteiger partial charge in [0.05, 0.1) is 5.69 Å². The van der Waals surface area contributed by atoms with Crippen molar-refractivity contribution < 1.29 is 13.2 Å². The number of hydrogen-bond acceptors (Lipinski definition) is 3. The highest BCUT2D eigenvalue weighted by atomic mass is 79.9. The fourth-order valence-electron chi connectivity index (χ4n) is 4.03. The van der Waals surface area contributed by atoms with Crippen LogP contribution in [0.2, 0.25) is 0 Å². The average Bonchev–Trinajstić information content (AvgIpc) is 3.17. The van der Waals surface area contributed by atoms with Gasteiger partial charge in [-0.15, -0.1) is 0 Å². The highest BCUT2D eigenvalue weighted by molar-refractivity contribution is 9.10. The van der Waals surface area contributed by atoms with E-state index in [0.717, 1.165) is 15.6 Å². The minimum Gasteiger partial charge on any atom is -0.310 e. The molecule has 0 spiro atoms. The molecule has 4 rings (SSSR count). The summed E-state index contributed by atoms with van der Waals surface area (Å²) in [5.74, 6) is -0.0487. The molecule has 0 bridgehead atoms. The van der Waals surface area contributed by atoms with Gasteiger partial charge in [0.15, 0.2) is 0 Å². The first kappa shape index (κ1) is 20.3. The number of hydrogen-bond donors (Lipinski definition) is 0. The molecule has 1 amide bonds. The molecule has 5 nitrogen and oxygen atoms in total. The van der Waals surface area contributed by atoms with Crippen LogP contribution in [0.15, 0.2) is 57.9 Å². The van der Waals surface area contributed by atoms with Gasteiger partial charge in [-0.2, -0.15) is 4.31 Å². The Bertz CT molecular complexity index is 1080. The fraction of sp³-hybridized carbons (Fsp3) is 0.318. The molecule has 2 aromatic carbocycles. The predicted octanol–water partition coefficient (Wildman–Crippen LogP) is 4.23. The minimum absolute atomic E-state index is 0.0487. The van der Waals surface area contributed by atoms with Crippen LogP contribution < -0.4 is 4.90 Å². The maximum absolute atomic E-state index is 13.5. The summed E-state index contributed by atoms with van der Waals surface area (Å²) in [6.07, 6.45) is 3.67. The van der Waals surface area contributed by atoms with Crippen molar-refractivity contribution in [3.8, 4) is 0 Å². The van der Waals surface area contributed by atoms with E-state index in [-0.39, 0.29) is 10.8 Å². The van der Waals surface area contributed by atoms with Crippen LogP contribution in [0.5, 0.6) is 0 Å². The van der Waals surface area contributed by atoms with Crippen LogP contribution in [0.3, 0.4) is 0 Å². The van der Waals surface area contributed by atoms with E-state index >= 15 is 0 Å². The number of halogens is 1. The number of benzene rings is 2. The molecule has 2 aliphatic rings. The molecule has 0 fully saturated rings. The van der Waals surface area contributed by atoms with Crippen LogP contribution in [-0.4, -0.2) is 38.3 Å². The molecular weight excluding hydrogens is 452 g/mol. The molecule has 0 saturated heterocycles. The van der Waals surface area contributed by atoms with Crippen LogP contribution in [0, 0.1) is 0 Å². The maximum Gasteiger partial charge on any atom is 0.245 e. The molecule has 2 heterocycles. The largest absolute Gasteiger partial charge is 0.310 e. The van der Waals surface area contributed by atoms with Crippen molar-refractivity contribution in [3.63, 3.8) is 0 Å². The monoisotopic (exact) mass is 474 g/mol. The van der Waals surface area contributed by atoms with Gasteiger partial charge in [-0.1, -0.05) is 59.3 Å². The van der Waals surface area contributed by atoms with E-state index in [4.69, 9.17) is 0 Å². The summed E-state index contributed by atoms with van der Waals surface area (Å²) >= 11 is 3.45. The topological polar surface area (TPSA) is 57.7 Å². The van der Waals surface area contributed by atoms with Gasteiger partial charge in [-0.3, -0.25) is 4.79 Å². The zero-order valence-corrected chi connectivity index (χ0v) is 18.7. The van der Waals surface area contributed by atoms with Gasteiger partial charge in [-0.05, 0) is 41.7 Å². The Labute approximate surface area is 180 Å². The van der Waals surface area contributed by atoms with Gasteiger partial charge in [-0.25, -0.2) is 8.42 Å². The lowest BCUT2D eigenvalue weighted by Gasteiger charge is -2.28. The molecule has 7 heteroatoms. The van der Waals surface area contributed by atoms with Crippen LogP contribution in [0.25, 0.3) is 5.57 Å². The second-order valence-corrected chi connectivity index (χ2v) is 10.1. The van der Waals surface area contributed by atoms with Crippen molar-refractivity contribution in [2.45, 2.75) is 31.1 Å². The van der Waals surface area contributed by atoms with Crippen molar-refractivity contribution in [2.24, 2.45) is 0 Å². The second-order valence-electron chi connectivity index (χ2n) is 7.27. The van der Waals surface area contributed by atoms with Crippen LogP contribution in [-0.2, 0) is 21.2 Å². The standard InChI is InChI=1S/C22H23BrN2O3S/c1-2-21(26)25-13-10-18-14-19(23)15-20(22(18)25)29(27,28)24-11-8-17(9-12-24)16-6-4-3-5-7-16/h3-8,14-15H,2,9-13H2,1H3. The van der Waals surface area contributed by atoms with Crippen molar-refractivity contribution in [3.05, 3.63) is 64.1 Å². The molecule has 0 saturated carbocycles. The Morgan fingerprint density at radius 2 is 1.86 bits per heavy atom. The average molecular weight is 475 g/mol. The fourth-order valence-corrected chi connectivity index (χ4v) is 6.33. The zero-order valence-electron chi connectivity index (χ0n) is 16.3. The number of carbonyl (C=O) groups is 1. The molecule has 0 aromatic heterocycles. The number of rotatable bonds is 4. The lowest BCUT2D eigenvalue weighted by atomic mass is 10.0. The quantitative estimate of drug-likeness (QED) is 0.665. The first-order chi connectivity index (χ1) is 13.9. The van der Waals surface area contributed by atoms with Crippen molar-refractivity contribution >= 4 is 43.1 Å². The van der Waals surface area contributed by atoms with Crippen molar-refractivity contribution in [2.75, 3.05) is 24.5 Å². The van der Waals surface area contributed by atoms with Gasteiger partial charge in [0.2, 0.25) is 15.9 Å². The number of nitrogens with zero attached hydrogens (tertiary/aromatic N) is 2. The van der Waals surface area contributed by atoms with Gasteiger partial charge < -0.3 is 4.90 Å². The van der Waals surface area contributed by atoms with Gasteiger partial charge in [0, 0.05) is 30.5 Å². The Kier molecular flexibility index (Phi) is 5.64. The third kappa shape index (κ3) is 3.79. The number of carbonyl (C=O) groups excluding carboxylic acids is 1. The summed E-state index contributed by atoms with van der Waals surface area (Å²) in [6, 6.07) is 13.6. The summed E-state index contributed by atoms with van der Waals surface area (Å²) in [5.41, 5.74) is 3.75. The molecule has 0 unspecified atom stereocenters. The second kappa shape index (κ2) is 8.05. The number of fused-ring (bicyclic) bond motifs is 1. The van der Waals surface area contributed by atoms with E-state index in [1.807, 2.05) is 42.5 Å². The van der Waals surface area contributed by atoms with Gasteiger partial charge in [0.25, 0.3) is 0 Å². The summed E-state index contributed by atoms with van der Waals surface area (Å²) in [6.45, 7) is 3.08. The smallest absolute Gasteiger partial charge is 0.245 e. The molecule has 2 aliphatic heterocycles. The van der Waals surface area contributed by atoms with Gasteiger partial charge >= 0.3 is 0 Å². The Balaban J connectivity index is 1.69. The normalized spacial score (nSPS) is 17.2. The third-order valence-electron chi connectivity index (χ3n) is 5.53. The molecule has 29 heavy (non-hydrogen) atoms. The zero-order chi connectivity index (χ0) is 20.6. The third-order valence-corrected chi connectivity index (χ3v) is 7.87. The summed E-state index contributed by atoms with van der Waals surface area (Å²) < 4.78 is 29.3. The van der Waals surface area contributed by atoms with Crippen LogP contribution in [0.1, 0.15) is 30.9 Å². The van der Waals surface area contributed by atoms with Crippen molar-refractivity contribution in [1.29, 1.82) is 0 Å². The summed E-state index contributed by atoms with van der Waals surface area (Å²) in [5, 5.41) is 0. The number of amides is 1. The highest BCUT2D eigenvalue weighted by Gasteiger charge is 2.35. The van der Waals surface area contributed by atoms with E-state index in [2.05, 4.69) is 15.9 Å². The van der Waals surface area contributed by atoms with E-state index in [0.29, 0.717) is 44.6 Å². The molecular formula is C22H23BrN2O3S. The predicted molar refractivity (Wildman–Crippen MR) is 118 cm³/mol. The maximum atomic E-state index is 13.5. The molecule has 2 aromatic rings. The molecule has 0 atom stereocenters. The number of sulfonamides is 1. The lowest BCUT2D eigenvalue weighted by Crippen LogP contribution is -2.36. The van der Waals surface area contributed by atoms with Crippen molar-refractivity contribution in [1.82, 2.24) is 4.31 Å². The van der Waals surface area contributed by atoms with Crippen LogP contribution in [0.4, 0.5) is 5.69 Å². The van der Waals surface area contributed by atoms with E-state index in [1.54, 1.807) is 17.9 Å². The van der Waals surface area contributed by atoms with Crippen LogP contribution >= 0.6 is 15.9 Å². The Morgan fingerprint density at radius 3 is 2.52 bits per heavy atom. The lowest BCUT2D eigenvalue weighted by molar-refractivity contribution is -0.118. The first-order valence-electron chi connectivity index (χ1n) is 9.79. The molecule has 0 aliphatic carbocycles. The first-order valence-corrected chi connectivity index (χ1v) is 12.0. The SMILES string of the molecule is CCC(=O)N1CCc2cc(Br)cc(S(=O)(=O)N3CC=C(c4ccccc4)CC3)c21. The van der Waals surface area contributed by atoms with E-state index < -0.39 is 10.0 Å². The minimum atomic E-state index is -3.73. The van der Waals surface area contributed by atoms with E-state index in [1.165, 1.54) is 9.88 Å². The van der Waals surface area contributed by atoms with Gasteiger partial charge in [0.1, 0.15) is 4.90 Å². The Hall–Kier alpha value is -1.96. The Morgan fingerprint density at radius 1 is 1.10 bits per heavy atom. The van der Waals surface area contributed by atoms with E-state index in [9.17, 15) is 13.2 Å². The summed E-state index contributed by atoms with van der Waals surface area (Å²) in [4.78, 5) is 14.3. The highest BCUT2D eigenvalue weighted by Crippen LogP contribution is 2.39. The molecule has 152 valence electrons. The number of anilines is 1. The summed E-state index contributed by atoms with van der Waals surface area (Å²) in [7, 11) is -3.73. The molecule has 0 N–H and O–H groups in total. The molecule has 0 radical (unpaired) electrons.